The van der Waals surface area contributed by atoms with Crippen molar-refractivity contribution in [3.8, 4) is 22.9 Å². The highest BCUT2D eigenvalue weighted by Crippen LogP contribution is 2.31. The molecular weight excluding hydrogens is 230 g/mol. The molecule has 0 saturated carbocycles. The summed E-state index contributed by atoms with van der Waals surface area (Å²) < 4.78 is 0. The van der Waals surface area contributed by atoms with Gasteiger partial charge in [-0.1, -0.05) is 0 Å². The minimum Gasteiger partial charge on any atom is -0.508 e. The summed E-state index contributed by atoms with van der Waals surface area (Å²) >= 11 is 0. The lowest BCUT2D eigenvalue weighted by molar-refractivity contribution is 0.451. The van der Waals surface area contributed by atoms with E-state index in [1.54, 1.807) is 18.2 Å². The summed E-state index contributed by atoms with van der Waals surface area (Å²) in [5.41, 5.74) is 8.44. The molecule has 0 spiro atoms. The highest BCUT2D eigenvalue weighted by molar-refractivity contribution is 5.83. The standard InChI is InChI=1S/C13H11N3O2/c14-7-1-4-10-11(5-7)16-13(15-10)9-3-2-8(17)6-12(9)18/h1-6,17-18H,14H2,(H,15,16). The summed E-state index contributed by atoms with van der Waals surface area (Å²) in [4.78, 5) is 7.44. The van der Waals surface area contributed by atoms with E-state index < -0.39 is 0 Å². The van der Waals surface area contributed by atoms with Crippen molar-refractivity contribution in [2.75, 3.05) is 5.73 Å². The molecule has 3 rings (SSSR count). The maximum atomic E-state index is 9.78. The number of aromatic hydroxyl groups is 2. The monoisotopic (exact) mass is 241 g/mol. The third-order valence-corrected chi connectivity index (χ3v) is 2.74. The Labute approximate surface area is 103 Å². The Morgan fingerprint density at radius 2 is 1.89 bits per heavy atom. The van der Waals surface area contributed by atoms with Crippen LogP contribution in [0, 0.1) is 0 Å². The van der Waals surface area contributed by atoms with Gasteiger partial charge in [-0.2, -0.15) is 0 Å². The van der Waals surface area contributed by atoms with Gasteiger partial charge in [0.2, 0.25) is 0 Å². The van der Waals surface area contributed by atoms with Crippen molar-refractivity contribution in [2.24, 2.45) is 0 Å². The van der Waals surface area contributed by atoms with Crippen LogP contribution in [0.2, 0.25) is 0 Å². The number of H-pyrrole nitrogens is 1. The Morgan fingerprint density at radius 3 is 2.67 bits per heavy atom. The van der Waals surface area contributed by atoms with Crippen LogP contribution in [0.15, 0.2) is 36.4 Å². The molecule has 5 nitrogen and oxygen atoms in total. The maximum absolute atomic E-state index is 9.78. The van der Waals surface area contributed by atoms with Crippen molar-refractivity contribution < 1.29 is 10.2 Å². The maximum Gasteiger partial charge on any atom is 0.142 e. The molecule has 90 valence electrons. The van der Waals surface area contributed by atoms with Crippen molar-refractivity contribution in [3.05, 3.63) is 36.4 Å². The Balaban J connectivity index is 2.19. The molecule has 1 heterocycles. The van der Waals surface area contributed by atoms with Crippen molar-refractivity contribution in [1.82, 2.24) is 9.97 Å². The third kappa shape index (κ3) is 1.62. The first-order valence-corrected chi connectivity index (χ1v) is 5.41. The van der Waals surface area contributed by atoms with Gasteiger partial charge in [0.1, 0.15) is 17.3 Å². The van der Waals surface area contributed by atoms with Gasteiger partial charge in [-0.15, -0.1) is 0 Å². The van der Waals surface area contributed by atoms with Crippen molar-refractivity contribution >= 4 is 16.7 Å². The van der Waals surface area contributed by atoms with E-state index >= 15 is 0 Å². The van der Waals surface area contributed by atoms with Crippen molar-refractivity contribution in [2.45, 2.75) is 0 Å². The van der Waals surface area contributed by atoms with E-state index in [1.807, 2.05) is 6.07 Å². The fraction of sp³-hybridized carbons (Fsp3) is 0. The molecule has 0 aliphatic rings. The predicted molar refractivity (Wildman–Crippen MR) is 69.3 cm³/mol. The topological polar surface area (TPSA) is 95.2 Å². The number of rotatable bonds is 1. The zero-order valence-electron chi connectivity index (χ0n) is 9.38. The second kappa shape index (κ2) is 3.66. The third-order valence-electron chi connectivity index (χ3n) is 2.74. The zero-order valence-corrected chi connectivity index (χ0v) is 9.38. The normalized spacial score (nSPS) is 10.9. The molecule has 0 radical (unpaired) electrons. The molecule has 5 N–H and O–H groups in total. The quantitative estimate of drug-likeness (QED) is 0.491. The van der Waals surface area contributed by atoms with E-state index in [1.165, 1.54) is 12.1 Å². The molecule has 18 heavy (non-hydrogen) atoms. The van der Waals surface area contributed by atoms with Crippen molar-refractivity contribution in [3.63, 3.8) is 0 Å². The number of hydrogen-bond donors (Lipinski definition) is 4. The van der Waals surface area contributed by atoms with Crippen LogP contribution in [0.5, 0.6) is 11.5 Å². The first kappa shape index (κ1) is 10.5. The first-order valence-electron chi connectivity index (χ1n) is 5.41. The van der Waals surface area contributed by atoms with E-state index in [2.05, 4.69) is 9.97 Å². The molecule has 0 unspecified atom stereocenters. The largest absolute Gasteiger partial charge is 0.508 e. The molecule has 0 saturated heterocycles. The minimum absolute atomic E-state index is 0.0107. The Morgan fingerprint density at radius 1 is 1.06 bits per heavy atom. The molecule has 0 atom stereocenters. The van der Waals surface area contributed by atoms with Crippen LogP contribution >= 0.6 is 0 Å². The summed E-state index contributed by atoms with van der Waals surface area (Å²) in [7, 11) is 0. The molecule has 2 aromatic carbocycles. The van der Waals surface area contributed by atoms with Gasteiger partial charge in [-0.3, -0.25) is 0 Å². The number of hydrogen-bond acceptors (Lipinski definition) is 4. The average molecular weight is 241 g/mol. The van der Waals surface area contributed by atoms with Gasteiger partial charge >= 0.3 is 0 Å². The van der Waals surface area contributed by atoms with Crippen LogP contribution in [0.4, 0.5) is 5.69 Å². The zero-order chi connectivity index (χ0) is 12.7. The highest BCUT2D eigenvalue weighted by Gasteiger charge is 2.10. The number of aromatic nitrogens is 2. The Bertz CT molecular complexity index is 734. The molecule has 0 aliphatic carbocycles. The Kier molecular flexibility index (Phi) is 2.13. The van der Waals surface area contributed by atoms with Gasteiger partial charge in [0, 0.05) is 11.8 Å². The fourth-order valence-electron chi connectivity index (χ4n) is 1.88. The first-order chi connectivity index (χ1) is 8.63. The van der Waals surface area contributed by atoms with Crippen LogP contribution in [0.1, 0.15) is 0 Å². The molecule has 3 aromatic rings. The number of anilines is 1. The molecule has 5 heteroatoms. The second-order valence-corrected chi connectivity index (χ2v) is 4.06. The molecule has 0 bridgehead atoms. The SMILES string of the molecule is Nc1ccc2nc(-c3ccc(O)cc3O)[nH]c2c1. The van der Waals surface area contributed by atoms with Gasteiger partial charge in [-0.05, 0) is 30.3 Å². The lowest BCUT2D eigenvalue weighted by atomic mass is 10.2. The highest BCUT2D eigenvalue weighted by atomic mass is 16.3. The van der Waals surface area contributed by atoms with Crippen LogP contribution < -0.4 is 5.73 Å². The molecule has 0 aliphatic heterocycles. The smallest absolute Gasteiger partial charge is 0.142 e. The minimum atomic E-state index is -0.0259. The number of nitrogens with one attached hydrogen (secondary N) is 1. The van der Waals surface area contributed by atoms with Gasteiger partial charge in [0.05, 0.1) is 16.6 Å². The van der Waals surface area contributed by atoms with E-state index in [0.717, 1.165) is 11.0 Å². The summed E-state index contributed by atoms with van der Waals surface area (Å²) in [5.74, 6) is 0.520. The van der Waals surface area contributed by atoms with Gasteiger partial charge in [0.15, 0.2) is 0 Å². The lowest BCUT2D eigenvalue weighted by Crippen LogP contribution is -1.82. The number of fused-ring (bicyclic) bond motifs is 1. The molecule has 0 amide bonds. The van der Waals surface area contributed by atoms with Crippen LogP contribution in [-0.2, 0) is 0 Å². The molecule has 0 fully saturated rings. The number of benzene rings is 2. The van der Waals surface area contributed by atoms with E-state index in [0.29, 0.717) is 17.1 Å². The van der Waals surface area contributed by atoms with Crippen molar-refractivity contribution in [1.29, 1.82) is 0 Å². The number of nitrogens with zero attached hydrogens (tertiary/aromatic N) is 1. The van der Waals surface area contributed by atoms with Gasteiger partial charge < -0.3 is 20.9 Å². The van der Waals surface area contributed by atoms with Crippen LogP contribution in [-0.4, -0.2) is 20.2 Å². The molecule has 1 aromatic heterocycles. The second-order valence-electron chi connectivity index (χ2n) is 4.06. The number of aromatic amines is 1. The summed E-state index contributed by atoms with van der Waals surface area (Å²) in [6, 6.07) is 9.73. The number of phenols is 2. The average Bonchev–Trinajstić information content (AvgIpc) is 2.71. The van der Waals surface area contributed by atoms with Gasteiger partial charge in [-0.25, -0.2) is 4.98 Å². The van der Waals surface area contributed by atoms with E-state index in [-0.39, 0.29) is 11.5 Å². The number of phenolic OH excluding ortho intramolecular Hbond substituents is 2. The van der Waals surface area contributed by atoms with Crippen LogP contribution in [0.3, 0.4) is 0 Å². The summed E-state index contributed by atoms with van der Waals surface area (Å²) in [6.07, 6.45) is 0. The summed E-state index contributed by atoms with van der Waals surface area (Å²) in [6.45, 7) is 0. The summed E-state index contributed by atoms with van der Waals surface area (Å²) in [5, 5.41) is 19.0. The Hall–Kier alpha value is -2.69. The van der Waals surface area contributed by atoms with Gasteiger partial charge in [0.25, 0.3) is 0 Å². The van der Waals surface area contributed by atoms with E-state index in [9.17, 15) is 10.2 Å². The van der Waals surface area contributed by atoms with Crippen LogP contribution in [0.25, 0.3) is 22.4 Å². The van der Waals surface area contributed by atoms with E-state index in [4.69, 9.17) is 5.73 Å². The molecular formula is C13H11N3O2. The number of nitrogen functional groups attached to an aromatic ring is 1. The fourth-order valence-corrected chi connectivity index (χ4v) is 1.88. The predicted octanol–water partition coefficient (Wildman–Crippen LogP) is 2.22. The number of nitrogens with two attached hydrogens (primary N) is 1. The lowest BCUT2D eigenvalue weighted by Gasteiger charge is -2.01. The number of imidazole rings is 1.